The number of hydrogen-bond acceptors (Lipinski definition) is 4. The first-order chi connectivity index (χ1) is 7.59. The van der Waals surface area contributed by atoms with E-state index in [1.165, 1.54) is 6.20 Å². The number of hydrogen-bond donors (Lipinski definition) is 1. The molecule has 0 aliphatic rings. The third kappa shape index (κ3) is 1.94. The van der Waals surface area contributed by atoms with E-state index < -0.39 is 5.97 Å². The van der Waals surface area contributed by atoms with Crippen molar-refractivity contribution in [2.24, 2.45) is 0 Å². The van der Waals surface area contributed by atoms with Gasteiger partial charge in [-0.25, -0.2) is 4.79 Å². The summed E-state index contributed by atoms with van der Waals surface area (Å²) in [6.07, 6.45) is 1.29. The first kappa shape index (κ1) is 11.1. The predicted octanol–water partition coefficient (Wildman–Crippen LogP) is 2.85. The van der Waals surface area contributed by atoms with Crippen molar-refractivity contribution in [3.8, 4) is 11.3 Å². The van der Waals surface area contributed by atoms with Gasteiger partial charge in [0.05, 0.1) is 11.8 Å². The number of nitrogens with zero attached hydrogens (tertiary/aromatic N) is 2. The Hall–Kier alpha value is -1.40. The van der Waals surface area contributed by atoms with Crippen LogP contribution in [0.5, 0.6) is 0 Å². The van der Waals surface area contributed by atoms with Crippen LogP contribution in [0.2, 0.25) is 5.15 Å². The number of halogens is 2. The van der Waals surface area contributed by atoms with Crippen LogP contribution in [0.3, 0.4) is 0 Å². The van der Waals surface area contributed by atoms with Crippen LogP contribution in [0, 0.1) is 0 Å². The quantitative estimate of drug-likeness (QED) is 0.923. The fraction of sp³-hybridized carbons (Fsp3) is 0. The van der Waals surface area contributed by atoms with E-state index >= 15 is 0 Å². The maximum atomic E-state index is 11.0. The maximum Gasteiger partial charge on any atom is 0.339 e. The zero-order chi connectivity index (χ0) is 11.7. The number of carboxylic acid groups (broad SMARTS) is 1. The Bertz CT molecular complexity index is 555. The molecule has 0 amide bonds. The van der Waals surface area contributed by atoms with Gasteiger partial charge in [0.15, 0.2) is 9.82 Å². The molecule has 82 valence electrons. The van der Waals surface area contributed by atoms with Gasteiger partial charge < -0.3 is 9.52 Å². The molecule has 2 heterocycles. The van der Waals surface area contributed by atoms with E-state index in [1.807, 2.05) is 0 Å². The van der Waals surface area contributed by atoms with Gasteiger partial charge in [0.2, 0.25) is 0 Å². The third-order valence-corrected chi connectivity index (χ3v) is 2.55. The van der Waals surface area contributed by atoms with Gasteiger partial charge >= 0.3 is 5.97 Å². The maximum absolute atomic E-state index is 11.0. The summed E-state index contributed by atoms with van der Waals surface area (Å²) < 4.78 is 5.73. The van der Waals surface area contributed by atoms with Crippen molar-refractivity contribution in [2.45, 2.75) is 0 Å². The molecule has 0 saturated carbocycles. The molecule has 2 rings (SSSR count). The Morgan fingerprint density at radius 1 is 1.50 bits per heavy atom. The lowest BCUT2D eigenvalue weighted by Crippen LogP contribution is -2.03. The Labute approximate surface area is 103 Å². The topological polar surface area (TPSA) is 76.2 Å². The minimum absolute atomic E-state index is 0.126. The molecule has 2 aromatic rings. The third-order valence-electron chi connectivity index (χ3n) is 1.86. The van der Waals surface area contributed by atoms with Crippen LogP contribution in [0.25, 0.3) is 11.3 Å². The first-order valence-corrected chi connectivity index (χ1v) is 5.27. The summed E-state index contributed by atoms with van der Waals surface area (Å²) in [5.41, 5.74) is 0.164. The first-order valence-electron chi connectivity index (χ1n) is 4.10. The van der Waals surface area contributed by atoms with E-state index in [4.69, 9.17) is 21.1 Å². The molecule has 0 spiro atoms. The molecular weight excluding hydrogens is 299 g/mol. The van der Waals surface area contributed by atoms with E-state index in [2.05, 4.69) is 26.1 Å². The summed E-state index contributed by atoms with van der Waals surface area (Å²) in [5, 5.41) is 15.9. The lowest BCUT2D eigenvalue weighted by molar-refractivity contribution is 0.0697. The SMILES string of the molecule is O=C(O)c1c(-c2ccc(Br)o2)cnnc1Cl. The van der Waals surface area contributed by atoms with E-state index in [1.54, 1.807) is 12.1 Å². The summed E-state index contributed by atoms with van der Waals surface area (Å²) >= 11 is 8.80. The zero-order valence-corrected chi connectivity index (χ0v) is 9.99. The molecule has 0 radical (unpaired) electrons. The van der Waals surface area contributed by atoms with Crippen LogP contribution < -0.4 is 0 Å². The van der Waals surface area contributed by atoms with Crippen LogP contribution in [-0.4, -0.2) is 21.3 Å². The molecule has 0 fully saturated rings. The molecule has 0 aliphatic carbocycles. The molecule has 0 saturated heterocycles. The average molecular weight is 303 g/mol. The molecular formula is C9H4BrClN2O3. The van der Waals surface area contributed by atoms with E-state index in [0.29, 0.717) is 16.0 Å². The van der Waals surface area contributed by atoms with Gasteiger partial charge in [0, 0.05) is 0 Å². The molecule has 0 aliphatic heterocycles. The molecule has 7 heteroatoms. The highest BCUT2D eigenvalue weighted by Gasteiger charge is 2.19. The summed E-state index contributed by atoms with van der Waals surface area (Å²) in [5.74, 6) is -0.816. The number of rotatable bonds is 2. The smallest absolute Gasteiger partial charge is 0.339 e. The second kappa shape index (κ2) is 4.23. The fourth-order valence-corrected chi connectivity index (χ4v) is 1.75. The van der Waals surface area contributed by atoms with Crippen molar-refractivity contribution in [2.75, 3.05) is 0 Å². The number of aromatic nitrogens is 2. The van der Waals surface area contributed by atoms with Crippen LogP contribution in [0.4, 0.5) is 0 Å². The van der Waals surface area contributed by atoms with Gasteiger partial charge in [-0.15, -0.1) is 5.10 Å². The summed E-state index contributed by atoms with van der Waals surface area (Å²) in [6.45, 7) is 0. The van der Waals surface area contributed by atoms with E-state index in [0.717, 1.165) is 0 Å². The highest BCUT2D eigenvalue weighted by Crippen LogP contribution is 2.29. The fourth-order valence-electron chi connectivity index (χ4n) is 1.21. The number of aromatic carboxylic acids is 1. The summed E-state index contributed by atoms with van der Waals surface area (Å²) in [4.78, 5) is 11.0. The summed E-state index contributed by atoms with van der Waals surface area (Å²) in [6, 6.07) is 3.26. The van der Waals surface area contributed by atoms with Gasteiger partial charge in [-0.05, 0) is 28.1 Å². The van der Waals surface area contributed by atoms with Gasteiger partial charge in [-0.2, -0.15) is 5.10 Å². The van der Waals surface area contributed by atoms with Crippen molar-refractivity contribution in [3.05, 3.63) is 33.7 Å². The standard InChI is InChI=1S/C9H4BrClN2O3/c10-6-2-1-5(16-6)4-3-12-13-8(11)7(4)9(14)15/h1-3H,(H,14,15). The van der Waals surface area contributed by atoms with Gasteiger partial charge in [0.25, 0.3) is 0 Å². The van der Waals surface area contributed by atoms with Crippen molar-refractivity contribution in [1.82, 2.24) is 10.2 Å². The Morgan fingerprint density at radius 2 is 2.25 bits per heavy atom. The van der Waals surface area contributed by atoms with Gasteiger partial charge in [-0.1, -0.05) is 11.6 Å². The van der Waals surface area contributed by atoms with Crippen molar-refractivity contribution in [1.29, 1.82) is 0 Å². The van der Waals surface area contributed by atoms with E-state index in [-0.39, 0.29) is 10.7 Å². The predicted molar refractivity (Wildman–Crippen MR) is 59.4 cm³/mol. The lowest BCUT2D eigenvalue weighted by atomic mass is 10.1. The lowest BCUT2D eigenvalue weighted by Gasteiger charge is -2.02. The van der Waals surface area contributed by atoms with Crippen LogP contribution in [-0.2, 0) is 0 Å². The van der Waals surface area contributed by atoms with Gasteiger partial charge in [-0.3, -0.25) is 0 Å². The Balaban J connectivity index is 2.65. The Morgan fingerprint density at radius 3 is 2.81 bits per heavy atom. The molecule has 1 N–H and O–H groups in total. The molecule has 0 atom stereocenters. The molecule has 0 aromatic carbocycles. The molecule has 0 bridgehead atoms. The number of carboxylic acids is 1. The highest BCUT2D eigenvalue weighted by atomic mass is 79.9. The average Bonchev–Trinajstić information content (AvgIpc) is 2.63. The second-order valence-electron chi connectivity index (χ2n) is 2.83. The van der Waals surface area contributed by atoms with Crippen molar-refractivity contribution >= 4 is 33.5 Å². The largest absolute Gasteiger partial charge is 0.478 e. The van der Waals surface area contributed by atoms with Gasteiger partial charge in [0.1, 0.15) is 11.3 Å². The number of furan rings is 1. The van der Waals surface area contributed by atoms with Crippen LogP contribution >= 0.6 is 27.5 Å². The minimum Gasteiger partial charge on any atom is -0.478 e. The van der Waals surface area contributed by atoms with Crippen LogP contribution in [0.1, 0.15) is 10.4 Å². The minimum atomic E-state index is -1.18. The van der Waals surface area contributed by atoms with Crippen molar-refractivity contribution < 1.29 is 14.3 Å². The van der Waals surface area contributed by atoms with Crippen molar-refractivity contribution in [3.63, 3.8) is 0 Å². The second-order valence-corrected chi connectivity index (χ2v) is 3.97. The normalized spacial score (nSPS) is 10.4. The number of carbonyl (C=O) groups is 1. The summed E-state index contributed by atoms with van der Waals surface area (Å²) in [7, 11) is 0. The van der Waals surface area contributed by atoms with Crippen LogP contribution in [0.15, 0.2) is 27.4 Å². The monoisotopic (exact) mass is 302 g/mol. The molecule has 0 unspecified atom stereocenters. The molecule has 2 aromatic heterocycles. The molecule has 16 heavy (non-hydrogen) atoms. The zero-order valence-electron chi connectivity index (χ0n) is 7.65. The van der Waals surface area contributed by atoms with E-state index in [9.17, 15) is 4.79 Å². The Kier molecular flexibility index (Phi) is 2.93. The highest BCUT2D eigenvalue weighted by molar-refractivity contribution is 9.10. The molecule has 5 nitrogen and oxygen atoms in total.